The minimum Gasteiger partial charge on any atom is -0.437 e. The number of ether oxygens (including phenoxy) is 3. The van der Waals surface area contributed by atoms with Crippen molar-refractivity contribution in [1.29, 1.82) is 0 Å². The van der Waals surface area contributed by atoms with Crippen LogP contribution >= 0.6 is 0 Å². The van der Waals surface area contributed by atoms with Gasteiger partial charge in [0.1, 0.15) is 18.0 Å². The summed E-state index contributed by atoms with van der Waals surface area (Å²) in [5.41, 5.74) is 3.76. The second kappa shape index (κ2) is 13.0. The minimum atomic E-state index is -1.20. The Morgan fingerprint density at radius 2 is 2.00 bits per heavy atom. The Hall–Kier alpha value is -3.80. The van der Waals surface area contributed by atoms with E-state index in [0.29, 0.717) is 55.0 Å². The first-order valence-corrected chi connectivity index (χ1v) is 17.1. The molecule has 40 heavy (non-hydrogen) atoms. The summed E-state index contributed by atoms with van der Waals surface area (Å²) in [5.74, 6) is 0.549. The molecular formula is C29H38N6O4Si. The third-order valence-electron chi connectivity index (χ3n) is 6.00. The van der Waals surface area contributed by atoms with Crippen molar-refractivity contribution in [2.24, 2.45) is 0 Å². The predicted molar refractivity (Wildman–Crippen MR) is 159 cm³/mol. The third kappa shape index (κ3) is 8.10. The lowest BCUT2D eigenvalue weighted by molar-refractivity contribution is -0.111. The number of amides is 1. The number of aromatic nitrogens is 5. The number of fused-ring (bicyclic) bond motifs is 1. The number of anilines is 1. The molecule has 0 spiro atoms. The summed E-state index contributed by atoms with van der Waals surface area (Å²) in [6, 6.07) is 8.15. The first-order valence-electron chi connectivity index (χ1n) is 13.4. The van der Waals surface area contributed by atoms with E-state index in [4.69, 9.17) is 19.2 Å². The molecule has 3 aromatic heterocycles. The van der Waals surface area contributed by atoms with Gasteiger partial charge in [0, 0.05) is 50.0 Å². The van der Waals surface area contributed by atoms with Gasteiger partial charge in [-0.25, -0.2) is 9.97 Å². The van der Waals surface area contributed by atoms with Crippen molar-refractivity contribution in [3.8, 4) is 22.8 Å². The molecule has 0 aliphatic rings. The molecule has 11 heteroatoms. The Balaban J connectivity index is 1.61. The summed E-state index contributed by atoms with van der Waals surface area (Å²) < 4.78 is 21.6. The molecule has 4 aromatic rings. The molecule has 0 atom stereocenters. The van der Waals surface area contributed by atoms with Gasteiger partial charge < -0.3 is 24.1 Å². The highest BCUT2D eigenvalue weighted by molar-refractivity contribution is 6.76. The van der Waals surface area contributed by atoms with Crippen LogP contribution in [0.4, 0.5) is 5.69 Å². The quantitative estimate of drug-likeness (QED) is 0.115. The fourth-order valence-corrected chi connectivity index (χ4v) is 4.65. The van der Waals surface area contributed by atoms with Crippen molar-refractivity contribution >= 4 is 30.8 Å². The van der Waals surface area contributed by atoms with Gasteiger partial charge in [0.25, 0.3) is 0 Å². The van der Waals surface area contributed by atoms with Crippen LogP contribution in [0.15, 0.2) is 61.7 Å². The summed E-state index contributed by atoms with van der Waals surface area (Å²) in [5, 5.41) is 7.25. The summed E-state index contributed by atoms with van der Waals surface area (Å²) >= 11 is 0. The molecule has 0 radical (unpaired) electrons. The van der Waals surface area contributed by atoms with Gasteiger partial charge in [-0.2, -0.15) is 5.10 Å². The lowest BCUT2D eigenvalue weighted by Gasteiger charge is -2.15. The van der Waals surface area contributed by atoms with E-state index in [1.54, 1.807) is 30.5 Å². The van der Waals surface area contributed by atoms with Crippen LogP contribution in [0.3, 0.4) is 0 Å². The molecule has 4 rings (SSSR count). The number of nitrogens with one attached hydrogen (secondary N) is 1. The smallest absolute Gasteiger partial charge is 0.247 e. The highest BCUT2D eigenvalue weighted by atomic mass is 28.3. The van der Waals surface area contributed by atoms with Crippen molar-refractivity contribution in [2.45, 2.75) is 58.9 Å². The van der Waals surface area contributed by atoms with Gasteiger partial charge >= 0.3 is 0 Å². The molecule has 0 fully saturated rings. The number of benzene rings is 1. The molecule has 0 saturated heterocycles. The van der Waals surface area contributed by atoms with Crippen molar-refractivity contribution < 1.29 is 19.0 Å². The molecule has 0 bridgehead atoms. The second-order valence-corrected chi connectivity index (χ2v) is 16.6. The molecular weight excluding hydrogens is 524 g/mol. The Morgan fingerprint density at radius 1 is 1.18 bits per heavy atom. The lowest BCUT2D eigenvalue weighted by Crippen LogP contribution is -2.22. The Morgan fingerprint density at radius 3 is 2.75 bits per heavy atom. The maximum absolute atomic E-state index is 11.7. The minimum absolute atomic E-state index is 0.168. The van der Waals surface area contributed by atoms with Gasteiger partial charge in [0.2, 0.25) is 11.8 Å². The predicted octanol–water partition coefficient (Wildman–Crippen LogP) is 5.95. The van der Waals surface area contributed by atoms with Gasteiger partial charge in [-0.1, -0.05) is 32.3 Å². The van der Waals surface area contributed by atoms with E-state index >= 15 is 0 Å². The molecule has 0 aliphatic heterocycles. The standard InChI is InChI=1S/C29H38N6O4Si/c1-7-26(36)32-23-9-8-10-24(15-23)39-27-17-30-29-28(33-27)25(19-34(29)20-37-13-14-40(4,5)6)22-16-31-35(18-22)11-12-38-21(2)3/h7-10,15-19,21H,1,11-14,20H2,2-6H3,(H,32,36). The normalized spacial score (nSPS) is 11.8. The van der Waals surface area contributed by atoms with E-state index in [2.05, 4.69) is 41.6 Å². The molecule has 1 N–H and O–H groups in total. The Bertz CT molecular complexity index is 1460. The first kappa shape index (κ1) is 29.2. The summed E-state index contributed by atoms with van der Waals surface area (Å²) in [6.07, 6.45) is 8.78. The van der Waals surface area contributed by atoms with Crippen molar-refractivity contribution in [3.05, 3.63) is 61.7 Å². The van der Waals surface area contributed by atoms with Crippen LogP contribution in [0.5, 0.6) is 11.6 Å². The number of hydrogen-bond donors (Lipinski definition) is 1. The van der Waals surface area contributed by atoms with E-state index in [-0.39, 0.29) is 12.0 Å². The van der Waals surface area contributed by atoms with Crippen LogP contribution in [0.2, 0.25) is 25.7 Å². The Labute approximate surface area is 236 Å². The van der Waals surface area contributed by atoms with E-state index in [9.17, 15) is 4.79 Å². The topological polar surface area (TPSA) is 105 Å². The number of hydrogen-bond acceptors (Lipinski definition) is 7. The van der Waals surface area contributed by atoms with Gasteiger partial charge in [0.05, 0.1) is 31.6 Å². The fourth-order valence-electron chi connectivity index (χ4n) is 3.89. The average Bonchev–Trinajstić information content (AvgIpc) is 3.50. The Kier molecular flexibility index (Phi) is 9.51. The van der Waals surface area contributed by atoms with Crippen LogP contribution in [0.1, 0.15) is 13.8 Å². The van der Waals surface area contributed by atoms with Crippen molar-refractivity contribution in [2.75, 3.05) is 18.5 Å². The van der Waals surface area contributed by atoms with Crippen LogP contribution in [-0.2, 0) is 27.5 Å². The molecule has 3 heterocycles. The van der Waals surface area contributed by atoms with Crippen LogP contribution in [0, 0.1) is 0 Å². The zero-order valence-electron chi connectivity index (χ0n) is 23.9. The molecule has 0 aliphatic carbocycles. The number of carbonyl (C=O) groups is 1. The maximum atomic E-state index is 11.7. The first-order chi connectivity index (χ1) is 19.1. The molecule has 0 unspecified atom stereocenters. The maximum Gasteiger partial charge on any atom is 0.247 e. The summed E-state index contributed by atoms with van der Waals surface area (Å²) in [6.45, 7) is 16.8. The highest BCUT2D eigenvalue weighted by Crippen LogP contribution is 2.31. The summed E-state index contributed by atoms with van der Waals surface area (Å²) in [4.78, 5) is 21.2. The summed E-state index contributed by atoms with van der Waals surface area (Å²) in [7, 11) is -1.20. The average molecular weight is 563 g/mol. The molecule has 1 aromatic carbocycles. The molecule has 212 valence electrons. The molecule has 1 amide bonds. The monoisotopic (exact) mass is 562 g/mol. The van der Waals surface area contributed by atoms with Crippen LogP contribution in [-0.4, -0.2) is 57.6 Å². The number of nitrogens with zero attached hydrogens (tertiary/aromatic N) is 5. The third-order valence-corrected chi connectivity index (χ3v) is 7.70. The van der Waals surface area contributed by atoms with Gasteiger partial charge in [-0.3, -0.25) is 9.48 Å². The SMILES string of the molecule is C=CC(=O)Nc1cccc(Oc2cnc3c(n2)c(-c2cnn(CCOC(C)C)c2)cn3COCC[Si](C)(C)C)c1. The number of carbonyl (C=O) groups excluding carboxylic acids is 1. The fraction of sp³-hybridized carbons (Fsp3) is 0.379. The van der Waals surface area contributed by atoms with Crippen LogP contribution < -0.4 is 10.1 Å². The van der Waals surface area contributed by atoms with E-state index < -0.39 is 8.07 Å². The zero-order valence-corrected chi connectivity index (χ0v) is 24.9. The van der Waals surface area contributed by atoms with E-state index in [1.165, 1.54) is 6.08 Å². The van der Waals surface area contributed by atoms with Crippen LogP contribution in [0.25, 0.3) is 22.3 Å². The van der Waals surface area contributed by atoms with E-state index in [1.807, 2.05) is 41.7 Å². The van der Waals surface area contributed by atoms with Crippen molar-refractivity contribution in [1.82, 2.24) is 24.3 Å². The molecule has 10 nitrogen and oxygen atoms in total. The zero-order chi connectivity index (χ0) is 28.7. The van der Waals surface area contributed by atoms with Gasteiger partial charge in [0.15, 0.2) is 5.65 Å². The lowest BCUT2D eigenvalue weighted by atomic mass is 10.2. The van der Waals surface area contributed by atoms with Crippen molar-refractivity contribution in [3.63, 3.8) is 0 Å². The largest absolute Gasteiger partial charge is 0.437 e. The van der Waals surface area contributed by atoms with Gasteiger partial charge in [-0.15, -0.1) is 0 Å². The second-order valence-electron chi connectivity index (χ2n) is 11.0. The van der Waals surface area contributed by atoms with Gasteiger partial charge in [-0.05, 0) is 38.1 Å². The highest BCUT2D eigenvalue weighted by Gasteiger charge is 2.17. The molecule has 0 saturated carbocycles. The number of rotatable bonds is 14. The van der Waals surface area contributed by atoms with E-state index in [0.717, 1.165) is 17.2 Å².